The molecule has 1 aromatic heterocycles. The molecule has 1 unspecified atom stereocenters. The third-order valence-corrected chi connectivity index (χ3v) is 3.79. The molecule has 0 aromatic carbocycles. The highest BCUT2D eigenvalue weighted by atomic mass is 35.5. The van der Waals surface area contributed by atoms with E-state index in [-0.39, 0.29) is 0 Å². The lowest BCUT2D eigenvalue weighted by Crippen LogP contribution is -2.45. The first-order valence-corrected chi connectivity index (χ1v) is 7.37. The summed E-state index contributed by atoms with van der Waals surface area (Å²) < 4.78 is 5.51. The van der Waals surface area contributed by atoms with E-state index in [4.69, 9.17) is 27.9 Å². The van der Waals surface area contributed by atoms with Crippen molar-refractivity contribution in [3.8, 4) is 0 Å². The van der Waals surface area contributed by atoms with Crippen molar-refractivity contribution in [2.75, 3.05) is 36.5 Å². The number of rotatable bonds is 4. The summed E-state index contributed by atoms with van der Waals surface area (Å²) in [7, 11) is 0. The molecule has 1 fully saturated rings. The van der Waals surface area contributed by atoms with E-state index >= 15 is 0 Å². The van der Waals surface area contributed by atoms with Crippen LogP contribution >= 0.6 is 23.2 Å². The number of nitrogens with zero attached hydrogens (tertiary/aromatic N) is 2. The number of anilines is 2. The van der Waals surface area contributed by atoms with Gasteiger partial charge < -0.3 is 15.0 Å². The summed E-state index contributed by atoms with van der Waals surface area (Å²) >= 11 is 12.4. The largest absolute Gasteiger partial charge is 0.377 e. The topological polar surface area (TPSA) is 37.4 Å². The quantitative estimate of drug-likeness (QED) is 0.924. The second-order valence-corrected chi connectivity index (χ2v) is 5.30. The van der Waals surface area contributed by atoms with E-state index < -0.39 is 0 Å². The Morgan fingerprint density at radius 2 is 2.21 bits per heavy atom. The fourth-order valence-electron chi connectivity index (χ4n) is 2.22. The van der Waals surface area contributed by atoms with Crippen LogP contribution in [0.3, 0.4) is 0 Å². The molecule has 6 heteroatoms. The summed E-state index contributed by atoms with van der Waals surface area (Å²) in [6.45, 7) is 7.14. The monoisotopic (exact) mass is 303 g/mol. The molecule has 0 bridgehead atoms. The normalized spacial score (nSPS) is 19.6. The SMILES string of the molecule is CCNc1nc(N2CCOCC2CC)c(Cl)cc1Cl. The first-order chi connectivity index (χ1) is 9.17. The van der Waals surface area contributed by atoms with Gasteiger partial charge in [-0.1, -0.05) is 30.1 Å². The van der Waals surface area contributed by atoms with Crippen LogP contribution in [0.15, 0.2) is 6.07 Å². The van der Waals surface area contributed by atoms with Crippen LogP contribution in [0.5, 0.6) is 0 Å². The molecule has 0 aliphatic carbocycles. The highest BCUT2D eigenvalue weighted by molar-refractivity contribution is 6.37. The summed E-state index contributed by atoms with van der Waals surface area (Å²) in [6.07, 6.45) is 0.997. The molecule has 1 N–H and O–H groups in total. The molecule has 1 aliphatic heterocycles. The molecule has 0 saturated carbocycles. The van der Waals surface area contributed by atoms with Gasteiger partial charge >= 0.3 is 0 Å². The Hall–Kier alpha value is -0.710. The Balaban J connectivity index is 2.34. The van der Waals surface area contributed by atoms with Gasteiger partial charge in [0.1, 0.15) is 11.6 Å². The highest BCUT2D eigenvalue weighted by Crippen LogP contribution is 2.33. The van der Waals surface area contributed by atoms with Crippen LogP contribution < -0.4 is 10.2 Å². The zero-order valence-electron chi connectivity index (χ0n) is 11.2. The molecular weight excluding hydrogens is 285 g/mol. The number of hydrogen-bond donors (Lipinski definition) is 1. The molecule has 1 aliphatic rings. The molecule has 1 atom stereocenters. The second-order valence-electron chi connectivity index (χ2n) is 4.48. The first kappa shape index (κ1) is 14.7. The minimum Gasteiger partial charge on any atom is -0.377 e. The molecule has 19 heavy (non-hydrogen) atoms. The van der Waals surface area contributed by atoms with E-state index in [2.05, 4.69) is 22.1 Å². The maximum absolute atomic E-state index is 6.30. The summed E-state index contributed by atoms with van der Waals surface area (Å²) in [6, 6.07) is 2.07. The van der Waals surface area contributed by atoms with Crippen LogP contribution in [0.1, 0.15) is 20.3 Å². The van der Waals surface area contributed by atoms with Gasteiger partial charge in [0.05, 0.1) is 29.3 Å². The molecule has 0 radical (unpaired) electrons. The Labute approximate surface area is 124 Å². The summed E-state index contributed by atoms with van der Waals surface area (Å²) in [5.74, 6) is 1.47. The maximum Gasteiger partial charge on any atom is 0.150 e. The molecule has 106 valence electrons. The van der Waals surface area contributed by atoms with Crippen molar-refractivity contribution < 1.29 is 4.74 Å². The number of morpholine rings is 1. The number of halogens is 2. The van der Waals surface area contributed by atoms with E-state index in [1.165, 1.54) is 0 Å². The van der Waals surface area contributed by atoms with Crippen molar-refractivity contribution in [2.24, 2.45) is 0 Å². The van der Waals surface area contributed by atoms with E-state index in [1.54, 1.807) is 6.07 Å². The summed E-state index contributed by atoms with van der Waals surface area (Å²) in [5.41, 5.74) is 0. The molecule has 0 amide bonds. The van der Waals surface area contributed by atoms with Gasteiger partial charge in [0.15, 0.2) is 0 Å². The summed E-state index contributed by atoms with van der Waals surface area (Å²) in [4.78, 5) is 6.79. The van der Waals surface area contributed by atoms with Gasteiger partial charge in [-0.05, 0) is 19.4 Å². The van der Waals surface area contributed by atoms with Crippen molar-refractivity contribution in [1.82, 2.24) is 4.98 Å². The standard InChI is InChI=1S/C13H19Cl2N3O/c1-3-9-8-19-6-5-18(9)13-11(15)7-10(14)12(17-13)16-4-2/h7,9H,3-6,8H2,1-2H3,(H,16,17). The van der Waals surface area contributed by atoms with E-state index in [0.717, 1.165) is 25.3 Å². The lowest BCUT2D eigenvalue weighted by atomic mass is 10.2. The third kappa shape index (κ3) is 3.25. The molecule has 4 nitrogen and oxygen atoms in total. The van der Waals surface area contributed by atoms with Gasteiger partial charge in [-0.2, -0.15) is 0 Å². The van der Waals surface area contributed by atoms with E-state index in [9.17, 15) is 0 Å². The number of hydrogen-bond acceptors (Lipinski definition) is 4. The molecular formula is C13H19Cl2N3O. The average Bonchev–Trinajstić information content (AvgIpc) is 2.42. The number of pyridine rings is 1. The van der Waals surface area contributed by atoms with Gasteiger partial charge in [0.2, 0.25) is 0 Å². The van der Waals surface area contributed by atoms with E-state index in [0.29, 0.717) is 35.1 Å². The fourth-order valence-corrected chi connectivity index (χ4v) is 2.76. The smallest absolute Gasteiger partial charge is 0.150 e. The van der Waals surface area contributed by atoms with Crippen LogP contribution in [0.25, 0.3) is 0 Å². The minimum absolute atomic E-state index is 0.314. The predicted octanol–water partition coefficient (Wildman–Crippen LogP) is 3.44. The van der Waals surface area contributed by atoms with Crippen LogP contribution in [-0.2, 0) is 4.74 Å². The highest BCUT2D eigenvalue weighted by Gasteiger charge is 2.25. The van der Waals surface area contributed by atoms with Gasteiger partial charge in [-0.3, -0.25) is 0 Å². The lowest BCUT2D eigenvalue weighted by Gasteiger charge is -2.36. The number of ether oxygens (including phenoxy) is 1. The van der Waals surface area contributed by atoms with Crippen LogP contribution in [0.2, 0.25) is 10.0 Å². The van der Waals surface area contributed by atoms with Crippen molar-refractivity contribution >= 4 is 34.8 Å². The molecule has 1 saturated heterocycles. The predicted molar refractivity (Wildman–Crippen MR) is 80.7 cm³/mol. The zero-order chi connectivity index (χ0) is 13.8. The second kappa shape index (κ2) is 6.64. The van der Waals surface area contributed by atoms with Crippen molar-refractivity contribution in [3.63, 3.8) is 0 Å². The molecule has 0 spiro atoms. The summed E-state index contributed by atoms with van der Waals surface area (Å²) in [5, 5.41) is 4.30. The number of nitrogens with one attached hydrogen (secondary N) is 1. The Kier molecular flexibility index (Phi) is 5.13. The van der Waals surface area contributed by atoms with Crippen LogP contribution in [0.4, 0.5) is 11.6 Å². The minimum atomic E-state index is 0.314. The van der Waals surface area contributed by atoms with Gasteiger partial charge in [-0.15, -0.1) is 0 Å². The van der Waals surface area contributed by atoms with Crippen molar-refractivity contribution in [2.45, 2.75) is 26.3 Å². The number of aromatic nitrogens is 1. The Morgan fingerprint density at radius 1 is 1.42 bits per heavy atom. The maximum atomic E-state index is 6.30. The van der Waals surface area contributed by atoms with Gasteiger partial charge in [0, 0.05) is 13.1 Å². The van der Waals surface area contributed by atoms with E-state index in [1.807, 2.05) is 6.92 Å². The lowest BCUT2D eigenvalue weighted by molar-refractivity contribution is 0.0926. The van der Waals surface area contributed by atoms with Crippen molar-refractivity contribution in [3.05, 3.63) is 16.1 Å². The van der Waals surface area contributed by atoms with Gasteiger partial charge in [-0.25, -0.2) is 4.98 Å². The average molecular weight is 304 g/mol. The molecule has 2 heterocycles. The van der Waals surface area contributed by atoms with Crippen LogP contribution in [0, 0.1) is 0 Å². The first-order valence-electron chi connectivity index (χ1n) is 6.61. The Morgan fingerprint density at radius 3 is 2.89 bits per heavy atom. The van der Waals surface area contributed by atoms with Crippen molar-refractivity contribution in [1.29, 1.82) is 0 Å². The third-order valence-electron chi connectivity index (χ3n) is 3.23. The fraction of sp³-hybridized carbons (Fsp3) is 0.615. The molecule has 2 rings (SSSR count). The molecule has 1 aromatic rings. The van der Waals surface area contributed by atoms with Crippen LogP contribution in [-0.4, -0.2) is 37.3 Å². The Bertz CT molecular complexity index is 442. The zero-order valence-corrected chi connectivity index (χ0v) is 12.8. The van der Waals surface area contributed by atoms with Gasteiger partial charge in [0.25, 0.3) is 0 Å².